The number of Topliss-reactive ketones (excluding diaryl/α,β-unsaturated/α-hetero) is 1. The Bertz CT molecular complexity index is 782. The average molecular weight is 345 g/mol. The van der Waals surface area contributed by atoms with Crippen LogP contribution >= 0.6 is 0 Å². The van der Waals surface area contributed by atoms with Crippen molar-refractivity contribution >= 4 is 11.8 Å². The van der Waals surface area contributed by atoms with E-state index in [1.165, 1.54) is 6.20 Å². The normalized spacial score (nSPS) is 14.0. The summed E-state index contributed by atoms with van der Waals surface area (Å²) >= 11 is 0. The van der Waals surface area contributed by atoms with Crippen LogP contribution in [0.5, 0.6) is 11.5 Å². The average Bonchev–Trinajstić information content (AvgIpc) is 3.05. The van der Waals surface area contributed by atoms with E-state index in [9.17, 15) is 9.59 Å². The molecule has 1 aliphatic heterocycles. The molecule has 7 heteroatoms. The molecule has 25 heavy (non-hydrogen) atoms. The van der Waals surface area contributed by atoms with E-state index in [1.807, 2.05) is 0 Å². The van der Waals surface area contributed by atoms with Crippen molar-refractivity contribution in [2.45, 2.75) is 32.8 Å². The summed E-state index contributed by atoms with van der Waals surface area (Å²) < 4.78 is 21.2. The summed E-state index contributed by atoms with van der Waals surface area (Å²) in [6.07, 6.45) is 1.12. The van der Waals surface area contributed by atoms with Gasteiger partial charge in [0.1, 0.15) is 25.1 Å². The lowest BCUT2D eigenvalue weighted by molar-refractivity contribution is -0.148. The van der Waals surface area contributed by atoms with Gasteiger partial charge in [-0.1, -0.05) is 5.16 Å². The molecule has 7 nitrogen and oxygen atoms in total. The Morgan fingerprint density at radius 3 is 2.68 bits per heavy atom. The standard InChI is InChI=1S/C18H19NO6/c1-11(14-10-19-25-12(14)2)24-18(21)6-4-15(20)13-3-5-16-17(9-13)23-8-7-22-16/h3,5,9-11H,4,6-8H2,1-2H3. The molecule has 0 fully saturated rings. The third-order valence-electron chi connectivity index (χ3n) is 3.95. The van der Waals surface area contributed by atoms with Gasteiger partial charge in [-0.25, -0.2) is 0 Å². The van der Waals surface area contributed by atoms with Gasteiger partial charge in [-0.2, -0.15) is 0 Å². The molecule has 0 saturated heterocycles. The zero-order chi connectivity index (χ0) is 17.8. The number of nitrogens with zero attached hydrogens (tertiary/aromatic N) is 1. The van der Waals surface area contributed by atoms with Crippen LogP contribution in [-0.4, -0.2) is 30.1 Å². The molecule has 0 N–H and O–H groups in total. The first-order valence-corrected chi connectivity index (χ1v) is 8.08. The molecule has 0 aliphatic carbocycles. The van der Waals surface area contributed by atoms with Gasteiger partial charge in [0, 0.05) is 12.0 Å². The second-order valence-electron chi connectivity index (χ2n) is 5.75. The number of benzene rings is 1. The van der Waals surface area contributed by atoms with Crippen LogP contribution in [0.1, 0.15) is 47.6 Å². The number of aromatic nitrogens is 1. The predicted octanol–water partition coefficient (Wildman–Crippen LogP) is 3.02. The molecule has 0 saturated carbocycles. The smallest absolute Gasteiger partial charge is 0.306 e. The summed E-state index contributed by atoms with van der Waals surface area (Å²) in [6, 6.07) is 5.02. The fourth-order valence-corrected chi connectivity index (χ4v) is 2.59. The minimum Gasteiger partial charge on any atom is -0.486 e. The van der Waals surface area contributed by atoms with Crippen LogP contribution in [0.3, 0.4) is 0 Å². The number of aryl methyl sites for hydroxylation is 1. The highest BCUT2D eigenvalue weighted by atomic mass is 16.6. The van der Waals surface area contributed by atoms with E-state index in [-0.39, 0.29) is 18.6 Å². The van der Waals surface area contributed by atoms with E-state index in [0.29, 0.717) is 41.6 Å². The first kappa shape index (κ1) is 17.0. The minimum atomic E-state index is -0.469. The fraction of sp³-hybridized carbons (Fsp3) is 0.389. The Kier molecular flexibility index (Phi) is 5.02. The van der Waals surface area contributed by atoms with E-state index in [2.05, 4.69) is 5.16 Å². The molecule has 1 unspecified atom stereocenters. The van der Waals surface area contributed by atoms with E-state index in [0.717, 1.165) is 0 Å². The van der Waals surface area contributed by atoms with E-state index in [1.54, 1.807) is 32.0 Å². The molecule has 0 amide bonds. The molecule has 0 radical (unpaired) electrons. The molecule has 1 aromatic heterocycles. The maximum Gasteiger partial charge on any atom is 0.306 e. The van der Waals surface area contributed by atoms with Gasteiger partial charge in [-0.15, -0.1) is 0 Å². The lowest BCUT2D eigenvalue weighted by atomic mass is 10.1. The molecular weight excluding hydrogens is 326 g/mol. The highest BCUT2D eigenvalue weighted by Crippen LogP contribution is 2.31. The molecule has 132 valence electrons. The number of rotatable bonds is 6. The zero-order valence-corrected chi connectivity index (χ0v) is 14.1. The number of carbonyl (C=O) groups is 2. The summed E-state index contributed by atoms with van der Waals surface area (Å²) in [6.45, 7) is 4.44. The van der Waals surface area contributed by atoms with Gasteiger partial charge in [-0.05, 0) is 32.0 Å². The van der Waals surface area contributed by atoms with Crippen molar-refractivity contribution in [1.82, 2.24) is 5.16 Å². The van der Waals surface area contributed by atoms with Crippen molar-refractivity contribution in [3.8, 4) is 11.5 Å². The lowest BCUT2D eigenvalue weighted by Crippen LogP contribution is -2.16. The number of hydrogen-bond acceptors (Lipinski definition) is 7. The molecule has 3 rings (SSSR count). The van der Waals surface area contributed by atoms with Gasteiger partial charge in [0.05, 0.1) is 18.2 Å². The number of ketones is 1. The summed E-state index contributed by atoms with van der Waals surface area (Å²) in [4.78, 5) is 24.2. The van der Waals surface area contributed by atoms with Crippen molar-refractivity contribution in [2.75, 3.05) is 13.2 Å². The minimum absolute atomic E-state index is 0.00193. The van der Waals surface area contributed by atoms with Crippen molar-refractivity contribution in [3.05, 3.63) is 41.3 Å². The molecule has 0 spiro atoms. The molecule has 1 aromatic carbocycles. The number of ether oxygens (including phenoxy) is 3. The van der Waals surface area contributed by atoms with Crippen LogP contribution in [0.2, 0.25) is 0 Å². The maximum atomic E-state index is 12.3. The van der Waals surface area contributed by atoms with Gasteiger partial charge in [0.15, 0.2) is 17.3 Å². The Morgan fingerprint density at radius 2 is 1.96 bits per heavy atom. The zero-order valence-electron chi connectivity index (χ0n) is 14.1. The van der Waals surface area contributed by atoms with Gasteiger partial charge >= 0.3 is 5.97 Å². The van der Waals surface area contributed by atoms with Crippen LogP contribution < -0.4 is 9.47 Å². The molecule has 0 bridgehead atoms. The van der Waals surface area contributed by atoms with Crippen LogP contribution in [0.15, 0.2) is 28.9 Å². The Morgan fingerprint density at radius 1 is 1.20 bits per heavy atom. The third kappa shape index (κ3) is 3.99. The fourth-order valence-electron chi connectivity index (χ4n) is 2.59. The molecule has 1 atom stereocenters. The molecule has 1 aliphatic rings. The van der Waals surface area contributed by atoms with E-state index < -0.39 is 12.1 Å². The number of esters is 1. The highest BCUT2D eigenvalue weighted by Gasteiger charge is 2.19. The summed E-state index contributed by atoms with van der Waals surface area (Å²) in [7, 11) is 0. The van der Waals surface area contributed by atoms with Crippen molar-refractivity contribution in [3.63, 3.8) is 0 Å². The number of carbonyl (C=O) groups excluding carboxylic acids is 2. The van der Waals surface area contributed by atoms with Gasteiger partial charge in [0.2, 0.25) is 0 Å². The largest absolute Gasteiger partial charge is 0.486 e. The van der Waals surface area contributed by atoms with Crippen LogP contribution in [0.4, 0.5) is 0 Å². The Hall–Kier alpha value is -2.83. The molecule has 2 aromatic rings. The summed E-state index contributed by atoms with van der Waals surface area (Å²) in [5, 5.41) is 3.66. The highest BCUT2D eigenvalue weighted by molar-refractivity contribution is 5.98. The lowest BCUT2D eigenvalue weighted by Gasteiger charge is -2.18. The first-order valence-electron chi connectivity index (χ1n) is 8.08. The number of fused-ring (bicyclic) bond motifs is 1. The number of hydrogen-bond donors (Lipinski definition) is 0. The maximum absolute atomic E-state index is 12.3. The molecular formula is C18H19NO6. The Balaban J connectivity index is 1.53. The SMILES string of the molecule is Cc1oncc1C(C)OC(=O)CCC(=O)c1ccc2c(c1)OCCO2. The Labute approximate surface area is 144 Å². The third-order valence-corrected chi connectivity index (χ3v) is 3.95. The van der Waals surface area contributed by atoms with Gasteiger partial charge in [0.25, 0.3) is 0 Å². The van der Waals surface area contributed by atoms with Crippen molar-refractivity contribution in [2.24, 2.45) is 0 Å². The van der Waals surface area contributed by atoms with Gasteiger partial charge in [-0.3, -0.25) is 9.59 Å². The van der Waals surface area contributed by atoms with Crippen LogP contribution in [0, 0.1) is 6.92 Å². The second-order valence-corrected chi connectivity index (χ2v) is 5.75. The monoisotopic (exact) mass is 345 g/mol. The van der Waals surface area contributed by atoms with Crippen LogP contribution in [0.25, 0.3) is 0 Å². The van der Waals surface area contributed by atoms with Crippen molar-refractivity contribution < 1.29 is 28.3 Å². The van der Waals surface area contributed by atoms with E-state index >= 15 is 0 Å². The first-order chi connectivity index (χ1) is 12.0. The quantitative estimate of drug-likeness (QED) is 0.587. The van der Waals surface area contributed by atoms with Crippen LogP contribution in [-0.2, 0) is 9.53 Å². The summed E-state index contributed by atoms with van der Waals surface area (Å²) in [5.74, 6) is 1.19. The van der Waals surface area contributed by atoms with Crippen molar-refractivity contribution in [1.29, 1.82) is 0 Å². The predicted molar refractivity (Wildman–Crippen MR) is 86.7 cm³/mol. The van der Waals surface area contributed by atoms with Gasteiger partial charge < -0.3 is 18.7 Å². The summed E-state index contributed by atoms with van der Waals surface area (Å²) in [5.41, 5.74) is 1.20. The molecule has 2 heterocycles. The topological polar surface area (TPSA) is 87.9 Å². The second kappa shape index (κ2) is 7.38. The van der Waals surface area contributed by atoms with E-state index in [4.69, 9.17) is 18.7 Å².